The Bertz CT molecular complexity index is 524. The van der Waals surface area contributed by atoms with Gasteiger partial charge < -0.3 is 10.5 Å². The van der Waals surface area contributed by atoms with Gasteiger partial charge in [-0.05, 0) is 43.0 Å². The zero-order valence-corrected chi connectivity index (χ0v) is 12.0. The van der Waals surface area contributed by atoms with E-state index in [1.165, 1.54) is 0 Å². The highest BCUT2D eigenvalue weighted by Gasteiger charge is 2.14. The largest absolute Gasteiger partial charge is 0.491 e. The van der Waals surface area contributed by atoms with Gasteiger partial charge >= 0.3 is 0 Å². The third kappa shape index (κ3) is 3.05. The van der Waals surface area contributed by atoms with E-state index in [0.29, 0.717) is 0 Å². The summed E-state index contributed by atoms with van der Waals surface area (Å²) in [5, 5.41) is 2.68. The van der Waals surface area contributed by atoms with Crippen LogP contribution in [0.4, 0.5) is 0 Å². The van der Waals surface area contributed by atoms with Crippen molar-refractivity contribution < 1.29 is 4.74 Å². The van der Waals surface area contributed by atoms with Crippen LogP contribution in [-0.2, 0) is 0 Å². The van der Waals surface area contributed by atoms with Gasteiger partial charge in [0, 0.05) is 4.88 Å². The zero-order chi connectivity index (χ0) is 13.1. The van der Waals surface area contributed by atoms with E-state index in [2.05, 4.69) is 0 Å². The first-order chi connectivity index (χ1) is 8.58. The van der Waals surface area contributed by atoms with Crippen LogP contribution in [0.3, 0.4) is 0 Å². The maximum Gasteiger partial charge on any atom is 0.120 e. The number of hydrogen-bond donors (Lipinski definition) is 1. The number of halogens is 1. The Morgan fingerprint density at radius 3 is 2.67 bits per heavy atom. The predicted molar refractivity (Wildman–Crippen MR) is 77.6 cm³/mol. The molecule has 0 spiro atoms. The molecule has 0 saturated carbocycles. The average molecular weight is 282 g/mol. The quantitative estimate of drug-likeness (QED) is 0.910. The summed E-state index contributed by atoms with van der Waals surface area (Å²) in [4.78, 5) is 0.985. The first-order valence-electron chi connectivity index (χ1n) is 5.83. The smallest absolute Gasteiger partial charge is 0.120 e. The molecule has 1 aromatic heterocycles. The highest BCUT2D eigenvalue weighted by Crippen LogP contribution is 2.32. The van der Waals surface area contributed by atoms with Crippen LogP contribution in [0.15, 0.2) is 35.7 Å². The van der Waals surface area contributed by atoms with E-state index in [1.54, 1.807) is 11.3 Å². The van der Waals surface area contributed by atoms with Crippen LogP contribution >= 0.6 is 22.9 Å². The van der Waals surface area contributed by atoms with Crippen LogP contribution in [0.25, 0.3) is 0 Å². The molecule has 0 aliphatic rings. The van der Waals surface area contributed by atoms with Gasteiger partial charge in [-0.3, -0.25) is 0 Å². The third-order valence-corrected chi connectivity index (χ3v) is 3.96. The summed E-state index contributed by atoms with van der Waals surface area (Å²) in [6.07, 6.45) is 0.154. The number of thiophene rings is 1. The Morgan fingerprint density at radius 1 is 1.28 bits per heavy atom. The summed E-state index contributed by atoms with van der Waals surface area (Å²) in [5.74, 6) is 0.839. The molecule has 18 heavy (non-hydrogen) atoms. The normalized spacial score (nSPS) is 12.7. The van der Waals surface area contributed by atoms with Crippen molar-refractivity contribution in [2.45, 2.75) is 26.0 Å². The lowest BCUT2D eigenvalue weighted by molar-refractivity contribution is 0.242. The number of benzene rings is 1. The molecular formula is C14H16ClNOS. The van der Waals surface area contributed by atoms with Crippen LogP contribution in [0.2, 0.25) is 5.02 Å². The fraction of sp³-hybridized carbons (Fsp3) is 0.286. The van der Waals surface area contributed by atoms with E-state index in [9.17, 15) is 0 Å². The minimum Gasteiger partial charge on any atom is -0.491 e. The molecule has 2 aromatic rings. The molecule has 1 heterocycles. The van der Waals surface area contributed by atoms with Gasteiger partial charge in [-0.15, -0.1) is 11.3 Å². The predicted octanol–water partition coefficient (Wildman–Crippen LogP) is 4.24. The van der Waals surface area contributed by atoms with E-state index < -0.39 is 0 Å². The SMILES string of the molecule is CC(C)Oc1cccc(C(N)c2sccc2Cl)c1. The summed E-state index contributed by atoms with van der Waals surface area (Å²) in [5.41, 5.74) is 7.24. The molecule has 2 nitrogen and oxygen atoms in total. The van der Waals surface area contributed by atoms with E-state index in [-0.39, 0.29) is 12.1 Å². The fourth-order valence-corrected chi connectivity index (χ4v) is 2.94. The first-order valence-corrected chi connectivity index (χ1v) is 7.09. The molecule has 1 atom stereocenters. The van der Waals surface area contributed by atoms with Crippen LogP contribution in [0.5, 0.6) is 5.75 Å². The van der Waals surface area contributed by atoms with Crippen LogP contribution in [0.1, 0.15) is 30.3 Å². The average Bonchev–Trinajstić information content (AvgIpc) is 2.74. The molecule has 1 unspecified atom stereocenters. The van der Waals surface area contributed by atoms with Crippen molar-refractivity contribution in [1.82, 2.24) is 0 Å². The molecule has 2 N–H and O–H groups in total. The molecule has 0 amide bonds. The second kappa shape index (κ2) is 5.74. The van der Waals surface area contributed by atoms with Gasteiger partial charge in [0.15, 0.2) is 0 Å². The zero-order valence-electron chi connectivity index (χ0n) is 10.4. The van der Waals surface area contributed by atoms with Gasteiger partial charge in [0.05, 0.1) is 17.2 Å². The fourth-order valence-electron chi connectivity index (χ4n) is 1.73. The van der Waals surface area contributed by atoms with Crippen molar-refractivity contribution in [3.63, 3.8) is 0 Å². The summed E-state index contributed by atoms with van der Waals surface area (Å²) < 4.78 is 5.67. The lowest BCUT2D eigenvalue weighted by Crippen LogP contribution is -2.11. The molecule has 0 aliphatic carbocycles. The second-order valence-electron chi connectivity index (χ2n) is 4.35. The molecule has 0 radical (unpaired) electrons. The van der Waals surface area contributed by atoms with Crippen molar-refractivity contribution in [3.8, 4) is 5.75 Å². The van der Waals surface area contributed by atoms with Gasteiger partial charge in [-0.2, -0.15) is 0 Å². The summed E-state index contributed by atoms with van der Waals surface area (Å²) in [7, 11) is 0. The number of ether oxygens (including phenoxy) is 1. The summed E-state index contributed by atoms with van der Waals surface area (Å²) >= 11 is 7.68. The first kappa shape index (κ1) is 13.4. The molecule has 0 fully saturated rings. The van der Waals surface area contributed by atoms with E-state index in [1.807, 2.05) is 49.6 Å². The van der Waals surface area contributed by atoms with Gasteiger partial charge in [-0.1, -0.05) is 23.7 Å². The monoisotopic (exact) mass is 281 g/mol. The Kier molecular flexibility index (Phi) is 4.27. The number of nitrogens with two attached hydrogens (primary N) is 1. The Labute approximate surface area is 116 Å². The van der Waals surface area contributed by atoms with E-state index in [0.717, 1.165) is 21.2 Å². The number of rotatable bonds is 4. The van der Waals surface area contributed by atoms with Gasteiger partial charge in [-0.25, -0.2) is 0 Å². The molecule has 96 valence electrons. The molecule has 1 aromatic carbocycles. The minimum absolute atomic E-state index is 0.154. The Balaban J connectivity index is 2.25. The molecule has 0 bridgehead atoms. The van der Waals surface area contributed by atoms with Gasteiger partial charge in [0.25, 0.3) is 0 Å². The highest BCUT2D eigenvalue weighted by atomic mass is 35.5. The maximum absolute atomic E-state index is 6.23. The van der Waals surface area contributed by atoms with Crippen LogP contribution < -0.4 is 10.5 Å². The second-order valence-corrected chi connectivity index (χ2v) is 5.70. The number of hydrogen-bond acceptors (Lipinski definition) is 3. The third-order valence-electron chi connectivity index (χ3n) is 2.52. The lowest BCUT2D eigenvalue weighted by atomic mass is 10.1. The Morgan fingerprint density at radius 2 is 2.06 bits per heavy atom. The molecular weight excluding hydrogens is 266 g/mol. The van der Waals surface area contributed by atoms with E-state index in [4.69, 9.17) is 22.1 Å². The van der Waals surface area contributed by atoms with Crippen LogP contribution in [-0.4, -0.2) is 6.10 Å². The van der Waals surface area contributed by atoms with Gasteiger partial charge in [0.1, 0.15) is 5.75 Å². The molecule has 0 saturated heterocycles. The molecule has 4 heteroatoms. The van der Waals surface area contributed by atoms with Crippen molar-refractivity contribution in [2.75, 3.05) is 0 Å². The molecule has 2 rings (SSSR count). The van der Waals surface area contributed by atoms with Crippen molar-refractivity contribution in [2.24, 2.45) is 5.73 Å². The lowest BCUT2D eigenvalue weighted by Gasteiger charge is -2.14. The standard InChI is InChI=1S/C14H16ClNOS/c1-9(2)17-11-5-3-4-10(8-11)13(16)14-12(15)6-7-18-14/h3-9,13H,16H2,1-2H3. The highest BCUT2D eigenvalue weighted by molar-refractivity contribution is 7.10. The van der Waals surface area contributed by atoms with E-state index >= 15 is 0 Å². The topological polar surface area (TPSA) is 35.2 Å². The van der Waals surface area contributed by atoms with Crippen molar-refractivity contribution in [1.29, 1.82) is 0 Å². The van der Waals surface area contributed by atoms with Crippen molar-refractivity contribution >= 4 is 22.9 Å². The summed E-state index contributed by atoms with van der Waals surface area (Å²) in [6.45, 7) is 4.01. The Hall–Kier alpha value is -1.03. The molecule has 0 aliphatic heterocycles. The summed E-state index contributed by atoms with van der Waals surface area (Å²) in [6, 6.07) is 9.53. The van der Waals surface area contributed by atoms with Crippen LogP contribution in [0, 0.1) is 0 Å². The minimum atomic E-state index is -0.201. The van der Waals surface area contributed by atoms with Crippen molar-refractivity contribution in [3.05, 3.63) is 51.2 Å². The van der Waals surface area contributed by atoms with Gasteiger partial charge in [0.2, 0.25) is 0 Å². The maximum atomic E-state index is 6.23.